The van der Waals surface area contributed by atoms with E-state index in [0.29, 0.717) is 16.5 Å². The summed E-state index contributed by atoms with van der Waals surface area (Å²) in [6.07, 6.45) is 5.22. The molecule has 0 N–H and O–H groups in total. The van der Waals surface area contributed by atoms with Crippen molar-refractivity contribution in [1.29, 1.82) is 0 Å². The molecule has 3 rings (SSSR count). The van der Waals surface area contributed by atoms with Gasteiger partial charge in [0.25, 0.3) is 0 Å². The summed E-state index contributed by atoms with van der Waals surface area (Å²) in [6.45, 7) is 8.82. The first-order valence-corrected chi connectivity index (χ1v) is 10.1. The molecule has 2 aliphatic heterocycles. The van der Waals surface area contributed by atoms with Crippen molar-refractivity contribution in [2.24, 2.45) is 5.41 Å². The van der Waals surface area contributed by atoms with Crippen molar-refractivity contribution in [2.45, 2.75) is 52.0 Å². The van der Waals surface area contributed by atoms with E-state index in [2.05, 4.69) is 23.6 Å². The number of halogens is 3. The van der Waals surface area contributed by atoms with Crippen molar-refractivity contribution in [2.75, 3.05) is 26.2 Å². The van der Waals surface area contributed by atoms with Gasteiger partial charge in [0.2, 0.25) is 5.91 Å². The average Bonchev–Trinajstić information content (AvgIpc) is 3.06. The Morgan fingerprint density at radius 3 is 2.46 bits per heavy atom. The molecule has 146 valence electrons. The lowest BCUT2D eigenvalue weighted by molar-refractivity contribution is -0.138. The number of nitrogens with zero attached hydrogens (tertiary/aromatic N) is 2. The van der Waals surface area contributed by atoms with E-state index < -0.39 is 0 Å². The van der Waals surface area contributed by atoms with E-state index in [1.807, 2.05) is 12.1 Å². The quantitative estimate of drug-likeness (QED) is 0.680. The molecule has 2 fully saturated rings. The van der Waals surface area contributed by atoms with Crippen LogP contribution in [0.25, 0.3) is 0 Å². The highest BCUT2D eigenvalue weighted by molar-refractivity contribution is 6.42. The number of benzene rings is 1. The van der Waals surface area contributed by atoms with E-state index in [9.17, 15) is 4.79 Å². The minimum Gasteiger partial charge on any atom is -0.338 e. The third kappa shape index (κ3) is 5.07. The number of hydrogen-bond donors (Lipinski definition) is 0. The second-order valence-corrected chi connectivity index (χ2v) is 8.94. The summed E-state index contributed by atoms with van der Waals surface area (Å²) in [6, 6.07) is 5.77. The molecule has 3 nitrogen and oxygen atoms in total. The Bertz CT molecular complexity index is 629. The van der Waals surface area contributed by atoms with Crippen LogP contribution in [0.4, 0.5) is 0 Å². The van der Waals surface area contributed by atoms with Gasteiger partial charge >= 0.3 is 0 Å². The van der Waals surface area contributed by atoms with Gasteiger partial charge in [-0.15, -0.1) is 12.4 Å². The summed E-state index contributed by atoms with van der Waals surface area (Å²) in [5.74, 6) is 0.204. The highest BCUT2D eigenvalue weighted by Crippen LogP contribution is 2.36. The van der Waals surface area contributed by atoms with Gasteiger partial charge < -0.3 is 9.80 Å². The number of likely N-dealkylation sites (tertiary alicyclic amines) is 2. The van der Waals surface area contributed by atoms with Gasteiger partial charge in [-0.05, 0) is 61.9 Å². The summed E-state index contributed by atoms with van der Waals surface area (Å²) in [7, 11) is 0. The summed E-state index contributed by atoms with van der Waals surface area (Å²) in [5.41, 5.74) is 1.09. The fraction of sp³-hybridized carbons (Fsp3) is 0.650. The Kier molecular flexibility index (Phi) is 7.67. The molecule has 2 aliphatic rings. The van der Waals surface area contributed by atoms with Crippen LogP contribution in [0.5, 0.6) is 0 Å². The van der Waals surface area contributed by atoms with Crippen molar-refractivity contribution >= 4 is 41.5 Å². The molecule has 0 saturated carbocycles. The van der Waals surface area contributed by atoms with Crippen LogP contribution >= 0.6 is 35.6 Å². The average molecular weight is 420 g/mol. The zero-order chi connectivity index (χ0) is 18.0. The number of hydrogen-bond acceptors (Lipinski definition) is 2. The topological polar surface area (TPSA) is 23.6 Å². The number of amides is 1. The Morgan fingerprint density at radius 1 is 1.12 bits per heavy atom. The summed E-state index contributed by atoms with van der Waals surface area (Å²) < 4.78 is 0. The van der Waals surface area contributed by atoms with Crippen LogP contribution in [0.1, 0.15) is 45.1 Å². The fourth-order valence-corrected chi connectivity index (χ4v) is 4.55. The third-order valence-corrected chi connectivity index (χ3v) is 6.53. The van der Waals surface area contributed by atoms with E-state index >= 15 is 0 Å². The van der Waals surface area contributed by atoms with Gasteiger partial charge in [0.15, 0.2) is 0 Å². The smallest absolute Gasteiger partial charge is 0.227 e. The molecule has 0 aliphatic carbocycles. The summed E-state index contributed by atoms with van der Waals surface area (Å²) in [4.78, 5) is 17.7. The van der Waals surface area contributed by atoms with E-state index in [1.54, 1.807) is 6.07 Å². The Hall–Kier alpha value is -0.480. The third-order valence-electron chi connectivity index (χ3n) is 5.79. The van der Waals surface area contributed by atoms with Crippen LogP contribution < -0.4 is 0 Å². The van der Waals surface area contributed by atoms with E-state index in [0.717, 1.165) is 25.1 Å². The summed E-state index contributed by atoms with van der Waals surface area (Å²) >= 11 is 12.1. The van der Waals surface area contributed by atoms with Crippen LogP contribution in [0, 0.1) is 5.41 Å². The first-order valence-electron chi connectivity index (χ1n) is 9.32. The molecule has 2 saturated heterocycles. The molecule has 6 heteroatoms. The van der Waals surface area contributed by atoms with Crippen LogP contribution in [-0.4, -0.2) is 47.9 Å². The molecule has 0 spiro atoms. The first kappa shape index (κ1) is 21.8. The molecule has 1 aromatic carbocycles. The highest BCUT2D eigenvalue weighted by Gasteiger charge is 2.40. The van der Waals surface area contributed by atoms with Crippen LogP contribution in [0.2, 0.25) is 10.0 Å². The van der Waals surface area contributed by atoms with Gasteiger partial charge in [-0.1, -0.05) is 43.1 Å². The molecular weight excluding hydrogens is 391 g/mol. The molecule has 1 amide bonds. The normalized spacial score (nSPS) is 22.9. The largest absolute Gasteiger partial charge is 0.338 e. The maximum Gasteiger partial charge on any atom is 0.227 e. The lowest BCUT2D eigenvalue weighted by atomic mass is 9.76. The van der Waals surface area contributed by atoms with Crippen LogP contribution in [0.15, 0.2) is 18.2 Å². The van der Waals surface area contributed by atoms with Crippen LogP contribution in [-0.2, 0) is 11.2 Å². The van der Waals surface area contributed by atoms with Gasteiger partial charge in [-0.25, -0.2) is 0 Å². The summed E-state index contributed by atoms with van der Waals surface area (Å²) in [5, 5.41) is 1.04. The molecule has 1 unspecified atom stereocenters. The van der Waals surface area contributed by atoms with Gasteiger partial charge in [0.1, 0.15) is 0 Å². The Labute approximate surface area is 173 Å². The van der Waals surface area contributed by atoms with Gasteiger partial charge in [-0.2, -0.15) is 0 Å². The van der Waals surface area contributed by atoms with E-state index in [4.69, 9.17) is 23.2 Å². The number of carbonyl (C=O) groups is 1. The second kappa shape index (κ2) is 9.14. The van der Waals surface area contributed by atoms with Crippen molar-refractivity contribution < 1.29 is 4.79 Å². The molecule has 1 atom stereocenters. The number of carbonyl (C=O) groups excluding carboxylic acids is 1. The zero-order valence-corrected chi connectivity index (χ0v) is 18.0. The van der Waals surface area contributed by atoms with Crippen LogP contribution in [0.3, 0.4) is 0 Å². The maximum absolute atomic E-state index is 13.1. The molecule has 1 aromatic rings. The highest BCUT2D eigenvalue weighted by atomic mass is 35.5. The van der Waals surface area contributed by atoms with Crippen molar-refractivity contribution in [3.05, 3.63) is 33.8 Å². The monoisotopic (exact) mass is 418 g/mol. The molecule has 0 radical (unpaired) electrons. The van der Waals surface area contributed by atoms with Gasteiger partial charge in [0, 0.05) is 19.1 Å². The second-order valence-electron chi connectivity index (χ2n) is 8.13. The van der Waals surface area contributed by atoms with Crippen molar-refractivity contribution in [3.8, 4) is 0 Å². The predicted molar refractivity (Wildman–Crippen MR) is 112 cm³/mol. The fourth-order valence-electron chi connectivity index (χ4n) is 4.23. The number of piperidine rings is 1. The van der Waals surface area contributed by atoms with E-state index in [1.165, 1.54) is 32.4 Å². The molecule has 0 bridgehead atoms. The molecule has 2 heterocycles. The van der Waals surface area contributed by atoms with Gasteiger partial charge in [-0.3, -0.25) is 4.79 Å². The number of rotatable bonds is 4. The Morgan fingerprint density at radius 2 is 1.81 bits per heavy atom. The minimum absolute atomic E-state index is 0. The minimum atomic E-state index is 0. The lowest BCUT2D eigenvalue weighted by Crippen LogP contribution is -2.57. The first-order chi connectivity index (χ1) is 11.9. The van der Waals surface area contributed by atoms with Crippen molar-refractivity contribution in [1.82, 2.24) is 9.80 Å². The van der Waals surface area contributed by atoms with Crippen molar-refractivity contribution in [3.63, 3.8) is 0 Å². The SMILES string of the molecule is CC1(C)CCCN(C(=O)Cc2ccc(Cl)c(Cl)c2)C1CN1CCCC1.Cl. The molecule has 0 aromatic heterocycles. The molecular formula is C20H29Cl3N2O. The Balaban J connectivity index is 0.00000243. The maximum atomic E-state index is 13.1. The molecule has 26 heavy (non-hydrogen) atoms. The standard InChI is InChI=1S/C20H28Cl2N2O.ClH/c1-20(2)8-5-11-24(18(20)14-23-9-3-4-10-23)19(25)13-15-6-7-16(21)17(22)12-15;/h6-7,12,18H,3-5,8-11,13-14H2,1-2H3;1H. The zero-order valence-electron chi connectivity index (χ0n) is 15.6. The predicted octanol–water partition coefficient (Wildman–Crippen LogP) is 5.07. The van der Waals surface area contributed by atoms with Gasteiger partial charge in [0.05, 0.1) is 16.5 Å². The van der Waals surface area contributed by atoms with E-state index in [-0.39, 0.29) is 29.8 Å². The lowest BCUT2D eigenvalue weighted by Gasteiger charge is -2.48.